The van der Waals surface area contributed by atoms with E-state index in [4.69, 9.17) is 28.1 Å². The molecule has 5 atom stereocenters. The molecule has 0 spiro atoms. The summed E-state index contributed by atoms with van der Waals surface area (Å²) >= 11 is 1.29. The van der Waals surface area contributed by atoms with Gasteiger partial charge in [0.25, 0.3) is 0 Å². The molecular weight excluding hydrogens is 788 g/mol. The van der Waals surface area contributed by atoms with E-state index >= 15 is 0 Å². The number of aromatic nitrogens is 1. The molecule has 0 radical (unpaired) electrons. The lowest BCUT2D eigenvalue weighted by molar-refractivity contribution is -0.275. The third kappa shape index (κ3) is 10.7. The fourth-order valence-electron chi connectivity index (χ4n) is 7.36. The minimum atomic E-state index is -4.61. The summed E-state index contributed by atoms with van der Waals surface area (Å²) in [5.41, 5.74) is 3.61. The maximum absolute atomic E-state index is 14.7. The van der Waals surface area contributed by atoms with E-state index in [9.17, 15) is 13.2 Å². The predicted octanol–water partition coefficient (Wildman–Crippen LogP) is 11.4. The van der Waals surface area contributed by atoms with Crippen LogP contribution in [0.3, 0.4) is 0 Å². The van der Waals surface area contributed by atoms with Crippen LogP contribution in [0.5, 0.6) is 0 Å². The molecule has 2 aromatic heterocycles. The maximum Gasteiger partial charge on any atom is 0.416 e. The van der Waals surface area contributed by atoms with E-state index in [1.54, 1.807) is 30.7 Å². The van der Waals surface area contributed by atoms with Gasteiger partial charge in [-0.25, -0.2) is 4.98 Å². The van der Waals surface area contributed by atoms with Crippen molar-refractivity contribution in [2.45, 2.75) is 69.5 Å². The molecule has 1 saturated heterocycles. The summed E-state index contributed by atoms with van der Waals surface area (Å²) in [7, 11) is 0. The zero-order chi connectivity index (χ0) is 41.2. The van der Waals surface area contributed by atoms with Crippen LogP contribution in [-0.2, 0) is 62.7 Å². The quantitative estimate of drug-likeness (QED) is 0.0905. The summed E-state index contributed by atoms with van der Waals surface area (Å²) in [6.45, 7) is 1.11. The van der Waals surface area contributed by atoms with Crippen LogP contribution in [0.2, 0.25) is 0 Å². The van der Waals surface area contributed by atoms with Crippen molar-refractivity contribution in [3.05, 3.63) is 208 Å². The van der Waals surface area contributed by atoms with Gasteiger partial charge in [-0.3, -0.25) is 0 Å². The van der Waals surface area contributed by atoms with E-state index in [2.05, 4.69) is 4.98 Å². The number of furan rings is 1. The Hall–Kier alpha value is -5.40. The van der Waals surface area contributed by atoms with Crippen LogP contribution in [0, 0.1) is 0 Å². The first kappa shape index (κ1) is 41.3. The molecule has 0 amide bonds. The average molecular weight is 832 g/mol. The Bertz CT molecular complexity index is 2340. The summed E-state index contributed by atoms with van der Waals surface area (Å²) < 4.78 is 83.6. The molecule has 0 aliphatic carbocycles. The van der Waals surface area contributed by atoms with E-state index in [0.717, 1.165) is 33.2 Å². The van der Waals surface area contributed by atoms with Gasteiger partial charge in [-0.15, -0.1) is 11.3 Å². The van der Waals surface area contributed by atoms with Crippen LogP contribution in [0.4, 0.5) is 13.2 Å². The van der Waals surface area contributed by atoms with Crippen LogP contribution in [0.15, 0.2) is 169 Å². The van der Waals surface area contributed by atoms with Crippen molar-refractivity contribution in [1.29, 1.82) is 0 Å². The van der Waals surface area contributed by atoms with Crippen LogP contribution in [0.25, 0.3) is 10.6 Å². The fourth-order valence-corrected chi connectivity index (χ4v) is 8.27. The molecule has 5 aromatic carbocycles. The molecule has 1 aliphatic heterocycles. The number of hydrogen-bond acceptors (Lipinski definition) is 8. The Kier molecular flexibility index (Phi) is 13.6. The Morgan fingerprint density at radius 1 is 0.600 bits per heavy atom. The largest absolute Gasteiger partial charge is 0.463 e. The summed E-state index contributed by atoms with van der Waals surface area (Å²) in [6, 6.07) is 46.9. The zero-order valence-electron chi connectivity index (χ0n) is 32.7. The molecule has 1 fully saturated rings. The van der Waals surface area contributed by atoms with Crippen molar-refractivity contribution in [3.8, 4) is 10.6 Å². The van der Waals surface area contributed by atoms with E-state index in [1.807, 2.05) is 121 Å². The molecule has 11 heteroatoms. The first-order valence-corrected chi connectivity index (χ1v) is 20.6. The highest BCUT2D eigenvalue weighted by atomic mass is 32.1. The number of hydrogen-bond donors (Lipinski definition) is 0. The topological polar surface area (TPSA) is 72.2 Å². The smallest absolute Gasteiger partial charge is 0.416 e. The zero-order valence-corrected chi connectivity index (χ0v) is 33.5. The number of alkyl halides is 3. The molecule has 8 rings (SSSR count). The van der Waals surface area contributed by atoms with Crippen molar-refractivity contribution in [1.82, 2.24) is 4.98 Å². The number of halogens is 3. The van der Waals surface area contributed by atoms with Gasteiger partial charge in [0, 0.05) is 12.6 Å². The third-order valence-corrected chi connectivity index (χ3v) is 11.3. The molecule has 60 heavy (non-hydrogen) atoms. The monoisotopic (exact) mass is 831 g/mol. The highest BCUT2D eigenvalue weighted by Gasteiger charge is 2.49. The Balaban J connectivity index is 1.19. The van der Waals surface area contributed by atoms with E-state index in [1.165, 1.54) is 17.4 Å². The van der Waals surface area contributed by atoms with E-state index < -0.39 is 42.3 Å². The first-order valence-electron chi connectivity index (χ1n) is 19.8. The molecule has 5 unspecified atom stereocenters. The first-order chi connectivity index (χ1) is 29.4. The highest BCUT2D eigenvalue weighted by Crippen LogP contribution is 2.42. The van der Waals surface area contributed by atoms with Crippen LogP contribution in [-0.4, -0.2) is 36.0 Å². The average Bonchev–Trinajstić information content (AvgIpc) is 3.99. The summed E-state index contributed by atoms with van der Waals surface area (Å²) in [5.74, 6) is 0.601. The number of nitrogens with zero attached hydrogens (tertiary/aromatic N) is 1. The second kappa shape index (κ2) is 19.8. The minimum absolute atomic E-state index is 0.0588. The molecule has 0 N–H and O–H groups in total. The van der Waals surface area contributed by atoms with Crippen LogP contribution in [0.1, 0.15) is 50.1 Å². The molecule has 7 nitrogen and oxygen atoms in total. The van der Waals surface area contributed by atoms with Crippen molar-refractivity contribution in [2.24, 2.45) is 0 Å². The second-order valence-corrected chi connectivity index (χ2v) is 15.7. The van der Waals surface area contributed by atoms with Gasteiger partial charge in [0.1, 0.15) is 36.3 Å². The lowest BCUT2D eigenvalue weighted by Crippen LogP contribution is -2.58. The van der Waals surface area contributed by atoms with Gasteiger partial charge in [0.05, 0.1) is 54.7 Å². The number of benzene rings is 5. The number of thiazole rings is 1. The van der Waals surface area contributed by atoms with Crippen molar-refractivity contribution >= 4 is 11.3 Å². The van der Waals surface area contributed by atoms with Gasteiger partial charge in [-0.05, 0) is 51.6 Å². The second-order valence-electron chi connectivity index (χ2n) is 14.6. The van der Waals surface area contributed by atoms with Crippen LogP contribution >= 0.6 is 11.3 Å². The van der Waals surface area contributed by atoms with Crippen molar-refractivity contribution < 1.29 is 41.3 Å². The van der Waals surface area contributed by atoms with Gasteiger partial charge in [-0.2, -0.15) is 13.2 Å². The number of rotatable bonds is 17. The van der Waals surface area contributed by atoms with Gasteiger partial charge in [-0.1, -0.05) is 133 Å². The number of ether oxygens (including phenoxy) is 5. The lowest BCUT2D eigenvalue weighted by atomic mass is 9.88. The summed E-state index contributed by atoms with van der Waals surface area (Å²) in [4.78, 5) is 5.21. The van der Waals surface area contributed by atoms with E-state index in [0.29, 0.717) is 22.9 Å². The molecule has 0 bridgehead atoms. The Morgan fingerprint density at radius 2 is 1.15 bits per heavy atom. The standard InChI is InChI=1S/C49H44F3NO6S/c50-49(51,52)40-24-23-38(26-39(40)27-44-53-28-43(60-44)41-22-13-25-55-41)45-47(57-31-36-18-9-3-10-19-36)48(58-32-37-20-11-4-12-21-37)46(56-30-35-16-7-2-8-17-35)42(59-45)33-54-29-34-14-5-1-6-15-34/h1-26,28,42,45-48H,27,29-33H2. The molecule has 1 aliphatic rings. The van der Waals surface area contributed by atoms with Crippen LogP contribution < -0.4 is 0 Å². The minimum Gasteiger partial charge on any atom is -0.463 e. The lowest BCUT2D eigenvalue weighted by Gasteiger charge is -2.46. The molecule has 3 heterocycles. The summed E-state index contributed by atoms with van der Waals surface area (Å²) in [6.07, 6.45) is -5.36. The molecular formula is C49H44F3NO6S. The van der Waals surface area contributed by atoms with Gasteiger partial charge >= 0.3 is 6.18 Å². The van der Waals surface area contributed by atoms with Gasteiger partial charge in [0.2, 0.25) is 0 Å². The highest BCUT2D eigenvalue weighted by molar-refractivity contribution is 7.15. The molecule has 0 saturated carbocycles. The Labute approximate surface area is 351 Å². The Morgan fingerprint density at radius 3 is 1.70 bits per heavy atom. The maximum atomic E-state index is 14.7. The molecule has 7 aromatic rings. The third-order valence-electron chi connectivity index (χ3n) is 10.3. The van der Waals surface area contributed by atoms with Crippen molar-refractivity contribution in [3.63, 3.8) is 0 Å². The van der Waals surface area contributed by atoms with E-state index in [-0.39, 0.29) is 38.4 Å². The van der Waals surface area contributed by atoms with Crippen molar-refractivity contribution in [2.75, 3.05) is 6.61 Å². The normalized spacial score (nSPS) is 19.4. The fraction of sp³-hybridized carbons (Fsp3) is 0.245. The van der Waals surface area contributed by atoms with Gasteiger partial charge < -0.3 is 28.1 Å². The van der Waals surface area contributed by atoms with Gasteiger partial charge in [0.15, 0.2) is 0 Å². The SMILES string of the molecule is FC(F)(F)c1ccc(C2OC(COCc3ccccc3)C(OCc3ccccc3)C(OCc3ccccc3)C2OCc2ccccc2)cc1Cc1ncc(-c2ccco2)s1. The molecule has 308 valence electrons. The summed E-state index contributed by atoms with van der Waals surface area (Å²) in [5, 5.41) is 0.510. The predicted molar refractivity (Wildman–Crippen MR) is 223 cm³/mol.